The molecule has 2 unspecified atom stereocenters. The van der Waals surface area contributed by atoms with Gasteiger partial charge in [0.2, 0.25) is 5.91 Å². The number of hydrogen-bond acceptors (Lipinski definition) is 4. The number of likely N-dealkylation sites (tertiary alicyclic amines) is 1. The first kappa shape index (κ1) is 16.0. The third-order valence-electron chi connectivity index (χ3n) is 4.78. The van der Waals surface area contributed by atoms with Crippen LogP contribution in [0.1, 0.15) is 42.5 Å². The van der Waals surface area contributed by atoms with Crippen molar-refractivity contribution in [2.45, 2.75) is 38.1 Å². The van der Waals surface area contributed by atoms with Crippen LogP contribution in [-0.2, 0) is 9.53 Å². The van der Waals surface area contributed by atoms with Crippen molar-refractivity contribution in [2.75, 3.05) is 25.5 Å². The Morgan fingerprint density at radius 2 is 1.74 bits per heavy atom. The zero-order valence-electron chi connectivity index (χ0n) is 13.6. The average molecular weight is 316 g/mol. The van der Waals surface area contributed by atoms with Crippen molar-refractivity contribution in [2.24, 2.45) is 5.92 Å². The maximum atomic E-state index is 12.4. The lowest BCUT2D eigenvalue weighted by atomic mass is 10.2. The van der Waals surface area contributed by atoms with Gasteiger partial charge in [0.15, 0.2) is 0 Å². The SMILES string of the molecule is COC(=O)c1ccc(NC(=O)C2CC2N2CCCCCC2)cc1. The highest BCUT2D eigenvalue weighted by molar-refractivity contribution is 5.96. The van der Waals surface area contributed by atoms with Crippen LogP contribution in [-0.4, -0.2) is 43.0 Å². The number of nitrogens with zero attached hydrogens (tertiary/aromatic N) is 1. The third kappa shape index (κ3) is 3.91. The van der Waals surface area contributed by atoms with E-state index in [1.807, 2.05) is 0 Å². The summed E-state index contributed by atoms with van der Waals surface area (Å²) in [4.78, 5) is 26.2. The zero-order chi connectivity index (χ0) is 16.2. The van der Waals surface area contributed by atoms with E-state index in [1.165, 1.54) is 32.8 Å². The van der Waals surface area contributed by atoms with Crippen LogP contribution >= 0.6 is 0 Å². The fourth-order valence-electron chi connectivity index (χ4n) is 3.34. The van der Waals surface area contributed by atoms with E-state index in [4.69, 9.17) is 0 Å². The van der Waals surface area contributed by atoms with E-state index >= 15 is 0 Å². The van der Waals surface area contributed by atoms with Gasteiger partial charge in [0.1, 0.15) is 0 Å². The van der Waals surface area contributed by atoms with Gasteiger partial charge in [-0.15, -0.1) is 0 Å². The van der Waals surface area contributed by atoms with Crippen LogP contribution in [0.2, 0.25) is 0 Å². The van der Waals surface area contributed by atoms with Gasteiger partial charge in [0.05, 0.1) is 18.6 Å². The van der Waals surface area contributed by atoms with E-state index in [9.17, 15) is 9.59 Å². The van der Waals surface area contributed by atoms with Gasteiger partial charge in [-0.25, -0.2) is 4.79 Å². The molecule has 2 fully saturated rings. The fraction of sp³-hybridized carbons (Fsp3) is 0.556. The predicted molar refractivity (Wildman–Crippen MR) is 88.3 cm³/mol. The standard InChI is InChI=1S/C18H24N2O3/c1-23-18(22)13-6-8-14(9-7-13)19-17(21)15-12-16(15)20-10-4-2-3-5-11-20/h6-9,15-16H,2-5,10-12H2,1H3,(H,19,21). The molecule has 3 rings (SSSR count). The predicted octanol–water partition coefficient (Wildman–Crippen LogP) is 2.68. The van der Waals surface area contributed by atoms with Crippen molar-refractivity contribution >= 4 is 17.6 Å². The van der Waals surface area contributed by atoms with Gasteiger partial charge in [0, 0.05) is 11.7 Å². The number of nitrogens with one attached hydrogen (secondary N) is 1. The minimum Gasteiger partial charge on any atom is -0.465 e. The van der Waals surface area contributed by atoms with E-state index in [2.05, 4.69) is 15.0 Å². The first-order chi connectivity index (χ1) is 11.2. The minimum absolute atomic E-state index is 0.0880. The molecule has 124 valence electrons. The summed E-state index contributed by atoms with van der Waals surface area (Å²) in [6.45, 7) is 2.25. The van der Waals surface area contributed by atoms with Crippen LogP contribution in [0.15, 0.2) is 24.3 Å². The molecule has 5 nitrogen and oxygen atoms in total. The number of ether oxygens (including phenoxy) is 1. The summed E-state index contributed by atoms with van der Waals surface area (Å²) in [6.07, 6.45) is 6.09. The number of carbonyl (C=O) groups is 2. The van der Waals surface area contributed by atoms with Crippen LogP contribution in [0.25, 0.3) is 0 Å². The van der Waals surface area contributed by atoms with Crippen molar-refractivity contribution in [3.05, 3.63) is 29.8 Å². The molecule has 0 bridgehead atoms. The molecule has 1 saturated carbocycles. The van der Waals surface area contributed by atoms with Crippen LogP contribution < -0.4 is 5.32 Å². The number of carbonyl (C=O) groups excluding carboxylic acids is 2. The van der Waals surface area contributed by atoms with Gasteiger partial charge in [-0.3, -0.25) is 9.69 Å². The largest absolute Gasteiger partial charge is 0.465 e. The Labute approximate surface area is 137 Å². The monoisotopic (exact) mass is 316 g/mol. The van der Waals surface area contributed by atoms with Crippen molar-refractivity contribution < 1.29 is 14.3 Å². The van der Waals surface area contributed by atoms with Gasteiger partial charge >= 0.3 is 5.97 Å². The molecule has 1 aliphatic carbocycles. The quantitative estimate of drug-likeness (QED) is 0.868. The molecule has 1 saturated heterocycles. The molecule has 1 N–H and O–H groups in total. The molecule has 0 radical (unpaired) electrons. The van der Waals surface area contributed by atoms with Crippen LogP contribution in [0.5, 0.6) is 0 Å². The Balaban J connectivity index is 1.53. The number of benzene rings is 1. The lowest BCUT2D eigenvalue weighted by Gasteiger charge is -2.19. The molecule has 0 aromatic heterocycles. The van der Waals surface area contributed by atoms with Gasteiger partial charge in [-0.2, -0.15) is 0 Å². The Morgan fingerprint density at radius 3 is 2.35 bits per heavy atom. The van der Waals surface area contributed by atoms with Crippen LogP contribution in [0.3, 0.4) is 0 Å². The number of rotatable bonds is 4. The second-order valence-corrected chi connectivity index (χ2v) is 6.42. The van der Waals surface area contributed by atoms with Gasteiger partial charge in [-0.1, -0.05) is 12.8 Å². The molecule has 2 atom stereocenters. The molecule has 1 amide bonds. The first-order valence-corrected chi connectivity index (χ1v) is 8.42. The van der Waals surface area contributed by atoms with Gasteiger partial charge < -0.3 is 10.1 Å². The summed E-state index contributed by atoms with van der Waals surface area (Å²) in [5.74, 6) is -0.176. The summed E-state index contributed by atoms with van der Waals surface area (Å²) in [7, 11) is 1.36. The summed E-state index contributed by atoms with van der Waals surface area (Å²) >= 11 is 0. The number of anilines is 1. The van der Waals surface area contributed by atoms with Gasteiger partial charge in [-0.05, 0) is 56.6 Å². The van der Waals surface area contributed by atoms with E-state index < -0.39 is 0 Å². The zero-order valence-corrected chi connectivity index (χ0v) is 13.6. The van der Waals surface area contributed by atoms with Crippen LogP contribution in [0.4, 0.5) is 5.69 Å². The highest BCUT2D eigenvalue weighted by Gasteiger charge is 2.46. The van der Waals surface area contributed by atoms with Crippen molar-refractivity contribution in [1.82, 2.24) is 4.90 Å². The number of hydrogen-bond donors (Lipinski definition) is 1. The summed E-state index contributed by atoms with van der Waals surface area (Å²) < 4.78 is 4.67. The summed E-state index contributed by atoms with van der Waals surface area (Å²) in [6, 6.07) is 7.24. The molecular formula is C18H24N2O3. The number of methoxy groups -OCH3 is 1. The molecule has 1 heterocycles. The maximum absolute atomic E-state index is 12.4. The topological polar surface area (TPSA) is 58.6 Å². The molecule has 1 aromatic carbocycles. The molecule has 2 aliphatic rings. The molecule has 0 spiro atoms. The molecular weight excluding hydrogens is 292 g/mol. The lowest BCUT2D eigenvalue weighted by Crippen LogP contribution is -2.30. The minimum atomic E-state index is -0.369. The van der Waals surface area contributed by atoms with E-state index in [-0.39, 0.29) is 17.8 Å². The normalized spacial score (nSPS) is 24.6. The molecule has 1 aliphatic heterocycles. The number of esters is 1. The maximum Gasteiger partial charge on any atom is 0.337 e. The third-order valence-corrected chi connectivity index (χ3v) is 4.78. The van der Waals surface area contributed by atoms with E-state index in [0.29, 0.717) is 11.6 Å². The van der Waals surface area contributed by atoms with Crippen molar-refractivity contribution in [3.8, 4) is 0 Å². The summed E-state index contributed by atoms with van der Waals surface area (Å²) in [5.41, 5.74) is 1.21. The Bertz CT molecular complexity index is 562. The Hall–Kier alpha value is -1.88. The van der Waals surface area contributed by atoms with Crippen molar-refractivity contribution in [1.29, 1.82) is 0 Å². The first-order valence-electron chi connectivity index (χ1n) is 8.42. The van der Waals surface area contributed by atoms with Gasteiger partial charge in [0.25, 0.3) is 0 Å². The van der Waals surface area contributed by atoms with Crippen LogP contribution in [0, 0.1) is 5.92 Å². The Kier molecular flexibility index (Phi) is 4.96. The lowest BCUT2D eigenvalue weighted by molar-refractivity contribution is -0.117. The fourth-order valence-corrected chi connectivity index (χ4v) is 3.34. The van der Waals surface area contributed by atoms with Crippen molar-refractivity contribution in [3.63, 3.8) is 0 Å². The Morgan fingerprint density at radius 1 is 1.09 bits per heavy atom. The summed E-state index contributed by atoms with van der Waals surface area (Å²) in [5, 5.41) is 2.95. The highest BCUT2D eigenvalue weighted by Crippen LogP contribution is 2.37. The number of amides is 1. The van der Waals surface area contributed by atoms with E-state index in [0.717, 1.165) is 25.2 Å². The van der Waals surface area contributed by atoms with E-state index in [1.54, 1.807) is 24.3 Å². The molecule has 5 heteroatoms. The second kappa shape index (κ2) is 7.13. The smallest absolute Gasteiger partial charge is 0.337 e. The average Bonchev–Trinajstić information content (AvgIpc) is 3.38. The molecule has 23 heavy (non-hydrogen) atoms. The highest BCUT2D eigenvalue weighted by atomic mass is 16.5. The second-order valence-electron chi connectivity index (χ2n) is 6.42. The molecule has 1 aromatic rings.